The second kappa shape index (κ2) is 7.89. The van der Waals surface area contributed by atoms with Crippen LogP contribution in [0.1, 0.15) is 10.7 Å². The van der Waals surface area contributed by atoms with E-state index >= 15 is 0 Å². The maximum absolute atomic E-state index is 13.7. The molecule has 2 aromatic heterocycles. The Balaban J connectivity index is 1.52. The normalized spacial score (nSPS) is 14.7. The van der Waals surface area contributed by atoms with Crippen molar-refractivity contribution in [1.82, 2.24) is 15.0 Å². The standard InChI is InChI=1S/C17H15FN4O5S2/c18-12-3-1-2-4-13(12)21-29(24,25)14-9-11(10-28-14)15-19-16(27-20-15)17(23)22-5-7-26-8-6-22/h1-4,9-10,21H,5-8H2. The monoisotopic (exact) mass is 438 g/mol. The Kier molecular flexibility index (Phi) is 5.30. The Morgan fingerprint density at radius 1 is 1.24 bits per heavy atom. The molecule has 0 aliphatic carbocycles. The van der Waals surface area contributed by atoms with Gasteiger partial charge in [0.1, 0.15) is 10.0 Å². The minimum atomic E-state index is -4.00. The summed E-state index contributed by atoms with van der Waals surface area (Å²) in [6, 6.07) is 6.80. The minimum absolute atomic E-state index is 0.0541. The van der Waals surface area contributed by atoms with E-state index in [1.54, 1.807) is 4.90 Å². The predicted molar refractivity (Wildman–Crippen MR) is 102 cm³/mol. The van der Waals surface area contributed by atoms with Gasteiger partial charge in [-0.2, -0.15) is 4.98 Å². The van der Waals surface area contributed by atoms with E-state index in [9.17, 15) is 17.6 Å². The van der Waals surface area contributed by atoms with Gasteiger partial charge >= 0.3 is 11.8 Å². The van der Waals surface area contributed by atoms with Crippen LogP contribution < -0.4 is 4.72 Å². The molecule has 1 aromatic carbocycles. The fourth-order valence-electron chi connectivity index (χ4n) is 2.64. The lowest BCUT2D eigenvalue weighted by molar-refractivity contribution is 0.0272. The third-order valence-corrected chi connectivity index (χ3v) is 6.93. The maximum Gasteiger partial charge on any atom is 0.316 e. The molecule has 12 heteroatoms. The molecule has 0 radical (unpaired) electrons. The molecule has 1 aliphatic rings. The molecule has 0 unspecified atom stereocenters. The number of carbonyl (C=O) groups is 1. The summed E-state index contributed by atoms with van der Waals surface area (Å²) in [6.45, 7) is 1.74. The third kappa shape index (κ3) is 4.13. The van der Waals surface area contributed by atoms with Crippen molar-refractivity contribution in [2.75, 3.05) is 31.0 Å². The number of anilines is 1. The summed E-state index contributed by atoms with van der Waals surface area (Å²) in [5.74, 6) is -1.18. The van der Waals surface area contributed by atoms with Gasteiger partial charge in [0.2, 0.25) is 5.82 Å². The Labute approximate surface area is 169 Å². The molecule has 3 aromatic rings. The van der Waals surface area contributed by atoms with Gasteiger partial charge in [-0.1, -0.05) is 17.3 Å². The number of nitrogens with zero attached hydrogens (tertiary/aromatic N) is 3. The molecule has 0 spiro atoms. The first kappa shape index (κ1) is 19.5. The Morgan fingerprint density at radius 2 is 2.00 bits per heavy atom. The maximum atomic E-state index is 13.7. The SMILES string of the molecule is O=C(c1nc(-c2csc(S(=O)(=O)Nc3ccccc3F)c2)no1)N1CCOCC1. The molecule has 3 heterocycles. The molecule has 0 saturated carbocycles. The average Bonchev–Trinajstić information content (AvgIpc) is 3.40. The third-order valence-electron chi connectivity index (χ3n) is 4.12. The summed E-state index contributed by atoms with van der Waals surface area (Å²) in [5, 5.41) is 5.28. The van der Waals surface area contributed by atoms with Crippen molar-refractivity contribution in [2.45, 2.75) is 4.21 Å². The number of aromatic nitrogens is 2. The van der Waals surface area contributed by atoms with Crippen LogP contribution in [0.25, 0.3) is 11.4 Å². The lowest BCUT2D eigenvalue weighted by Gasteiger charge is -2.25. The number of nitrogens with one attached hydrogen (secondary N) is 1. The molecule has 29 heavy (non-hydrogen) atoms. The highest BCUT2D eigenvalue weighted by Crippen LogP contribution is 2.29. The zero-order chi connectivity index (χ0) is 20.4. The molecule has 0 atom stereocenters. The highest BCUT2D eigenvalue weighted by molar-refractivity contribution is 7.94. The van der Waals surface area contributed by atoms with Crippen LogP contribution in [0, 0.1) is 5.82 Å². The van der Waals surface area contributed by atoms with Crippen LogP contribution in [-0.2, 0) is 14.8 Å². The van der Waals surface area contributed by atoms with Gasteiger partial charge < -0.3 is 14.2 Å². The summed E-state index contributed by atoms with van der Waals surface area (Å²) in [4.78, 5) is 18.0. The minimum Gasteiger partial charge on any atom is -0.378 e. The molecule has 1 aliphatic heterocycles. The van der Waals surface area contributed by atoms with E-state index < -0.39 is 21.7 Å². The first-order valence-corrected chi connectivity index (χ1v) is 10.9. The number of carbonyl (C=O) groups excluding carboxylic acids is 1. The Morgan fingerprint density at radius 3 is 2.76 bits per heavy atom. The van der Waals surface area contributed by atoms with Crippen LogP contribution in [0.5, 0.6) is 0 Å². The molecule has 9 nitrogen and oxygen atoms in total. The fraction of sp³-hybridized carbons (Fsp3) is 0.235. The van der Waals surface area contributed by atoms with Gasteiger partial charge in [0.05, 0.1) is 18.9 Å². The second-order valence-corrected chi connectivity index (χ2v) is 8.89. The van der Waals surface area contributed by atoms with Crippen LogP contribution in [0.4, 0.5) is 10.1 Å². The van der Waals surface area contributed by atoms with Crippen molar-refractivity contribution in [3.8, 4) is 11.4 Å². The lowest BCUT2D eigenvalue weighted by atomic mass is 10.3. The van der Waals surface area contributed by atoms with E-state index in [-0.39, 0.29) is 21.6 Å². The fourth-order valence-corrected chi connectivity index (χ4v) is 4.87. The van der Waals surface area contributed by atoms with Crippen LogP contribution in [0.2, 0.25) is 0 Å². The van der Waals surface area contributed by atoms with E-state index in [4.69, 9.17) is 9.26 Å². The summed E-state index contributed by atoms with van der Waals surface area (Å²) in [6.07, 6.45) is 0. The Hall–Kier alpha value is -2.83. The number of thiophene rings is 1. The highest BCUT2D eigenvalue weighted by Gasteiger charge is 2.25. The first-order valence-electron chi connectivity index (χ1n) is 8.51. The number of ether oxygens (including phenoxy) is 1. The van der Waals surface area contributed by atoms with Crippen LogP contribution in [0.3, 0.4) is 0 Å². The van der Waals surface area contributed by atoms with E-state index in [0.717, 1.165) is 17.4 Å². The number of hydrogen-bond donors (Lipinski definition) is 1. The van der Waals surface area contributed by atoms with E-state index in [2.05, 4.69) is 14.9 Å². The van der Waals surface area contributed by atoms with Crippen molar-refractivity contribution in [3.05, 3.63) is 47.4 Å². The van der Waals surface area contributed by atoms with Crippen molar-refractivity contribution >= 4 is 33.0 Å². The quantitative estimate of drug-likeness (QED) is 0.649. The van der Waals surface area contributed by atoms with E-state index in [0.29, 0.717) is 31.9 Å². The molecule has 1 saturated heterocycles. The largest absolute Gasteiger partial charge is 0.378 e. The first-order chi connectivity index (χ1) is 13.9. The lowest BCUT2D eigenvalue weighted by Crippen LogP contribution is -2.40. The van der Waals surface area contributed by atoms with Crippen LogP contribution >= 0.6 is 11.3 Å². The molecule has 1 N–H and O–H groups in total. The molecular weight excluding hydrogens is 423 g/mol. The molecule has 4 rings (SSSR count). The molecule has 1 amide bonds. The topological polar surface area (TPSA) is 115 Å². The number of amides is 1. The van der Waals surface area contributed by atoms with Crippen LogP contribution in [-0.4, -0.2) is 55.7 Å². The van der Waals surface area contributed by atoms with Gasteiger partial charge in [-0.05, 0) is 18.2 Å². The summed E-state index contributed by atoms with van der Waals surface area (Å²) >= 11 is 0.916. The van der Waals surface area contributed by atoms with Crippen LogP contribution in [0.15, 0.2) is 44.4 Å². The van der Waals surface area contributed by atoms with Gasteiger partial charge in [-0.25, -0.2) is 12.8 Å². The van der Waals surface area contributed by atoms with Crippen molar-refractivity contribution in [3.63, 3.8) is 0 Å². The number of sulfonamides is 1. The van der Waals surface area contributed by atoms with Gasteiger partial charge in [-0.15, -0.1) is 11.3 Å². The predicted octanol–water partition coefficient (Wildman–Crippen LogP) is 2.21. The highest BCUT2D eigenvalue weighted by atomic mass is 32.2. The smallest absolute Gasteiger partial charge is 0.316 e. The zero-order valence-corrected chi connectivity index (χ0v) is 16.5. The number of rotatable bonds is 5. The Bertz CT molecular complexity index is 1140. The average molecular weight is 438 g/mol. The van der Waals surface area contributed by atoms with E-state index in [1.165, 1.54) is 29.6 Å². The molecule has 0 bridgehead atoms. The number of para-hydroxylation sites is 1. The number of halogens is 1. The molecular formula is C17H15FN4O5S2. The van der Waals surface area contributed by atoms with Crippen molar-refractivity contribution in [2.24, 2.45) is 0 Å². The van der Waals surface area contributed by atoms with Gasteiger partial charge in [0, 0.05) is 24.0 Å². The van der Waals surface area contributed by atoms with Gasteiger partial charge in [0.15, 0.2) is 0 Å². The van der Waals surface area contributed by atoms with E-state index in [1.807, 2.05) is 0 Å². The van der Waals surface area contributed by atoms with Crippen molar-refractivity contribution < 1.29 is 26.9 Å². The molecule has 152 valence electrons. The number of benzene rings is 1. The number of morpholine rings is 1. The summed E-state index contributed by atoms with van der Waals surface area (Å²) < 4.78 is 51.2. The zero-order valence-electron chi connectivity index (χ0n) is 14.9. The van der Waals surface area contributed by atoms with Gasteiger partial charge in [0.25, 0.3) is 10.0 Å². The number of hydrogen-bond acceptors (Lipinski definition) is 8. The summed E-state index contributed by atoms with van der Waals surface area (Å²) in [7, 11) is -4.00. The van der Waals surface area contributed by atoms with Gasteiger partial charge in [-0.3, -0.25) is 9.52 Å². The second-order valence-electron chi connectivity index (χ2n) is 6.07. The van der Waals surface area contributed by atoms with Crippen molar-refractivity contribution in [1.29, 1.82) is 0 Å². The summed E-state index contributed by atoms with van der Waals surface area (Å²) in [5.41, 5.74) is 0.217. The molecule has 1 fully saturated rings.